The van der Waals surface area contributed by atoms with Crippen molar-refractivity contribution in [3.8, 4) is 6.07 Å². The van der Waals surface area contributed by atoms with Crippen LogP contribution >= 0.6 is 0 Å². The number of pyridine rings is 1. The van der Waals surface area contributed by atoms with Gasteiger partial charge in [-0.15, -0.1) is 0 Å². The Morgan fingerprint density at radius 1 is 1.61 bits per heavy atom. The Kier molecular flexibility index (Phi) is 3.31. The molecule has 1 atom stereocenters. The van der Waals surface area contributed by atoms with E-state index in [2.05, 4.69) is 6.07 Å². The smallest absolute Gasteiger partial charge is 0.332 e. The average Bonchev–Trinajstić information content (AvgIpc) is 2.73. The summed E-state index contributed by atoms with van der Waals surface area (Å²) >= 11 is 0. The predicted molar refractivity (Wildman–Crippen MR) is 64.0 cm³/mol. The van der Waals surface area contributed by atoms with Gasteiger partial charge in [-0.05, 0) is 19.1 Å². The zero-order valence-corrected chi connectivity index (χ0v) is 9.83. The average molecular weight is 244 g/mol. The summed E-state index contributed by atoms with van der Waals surface area (Å²) in [5.41, 5.74) is 2.01. The number of carboxylic acids is 1. The second kappa shape index (κ2) is 4.90. The van der Waals surface area contributed by atoms with Gasteiger partial charge in [-0.3, -0.25) is 0 Å². The van der Waals surface area contributed by atoms with Gasteiger partial charge in [0.15, 0.2) is 6.10 Å². The van der Waals surface area contributed by atoms with E-state index in [0.717, 1.165) is 5.52 Å². The van der Waals surface area contributed by atoms with Gasteiger partial charge in [0, 0.05) is 18.0 Å². The molecule has 0 fully saturated rings. The molecule has 0 saturated carbocycles. The van der Waals surface area contributed by atoms with E-state index in [1.165, 1.54) is 6.92 Å². The molecule has 1 unspecified atom stereocenters. The molecule has 0 saturated heterocycles. The molecular weight excluding hydrogens is 232 g/mol. The number of aliphatic carboxylic acids is 1. The highest BCUT2D eigenvalue weighted by molar-refractivity contribution is 5.71. The van der Waals surface area contributed by atoms with Crippen LogP contribution in [0, 0.1) is 11.3 Å². The Morgan fingerprint density at radius 2 is 2.39 bits per heavy atom. The van der Waals surface area contributed by atoms with Crippen LogP contribution in [0.15, 0.2) is 30.6 Å². The summed E-state index contributed by atoms with van der Waals surface area (Å²) in [4.78, 5) is 10.7. The van der Waals surface area contributed by atoms with E-state index in [1.807, 2.05) is 28.8 Å². The first kappa shape index (κ1) is 12.1. The standard InChI is InChI=1S/C13H12N2O3/c1-9(13(16)17)18-8-10-7-15-5-3-2-4-12(15)11(10)6-14/h2-5,7,9H,8H2,1H3,(H,16,17). The molecule has 0 amide bonds. The van der Waals surface area contributed by atoms with E-state index in [1.54, 1.807) is 6.20 Å². The van der Waals surface area contributed by atoms with Crippen LogP contribution in [0.5, 0.6) is 0 Å². The first-order valence-electron chi connectivity index (χ1n) is 5.46. The largest absolute Gasteiger partial charge is 0.479 e. The van der Waals surface area contributed by atoms with Gasteiger partial charge in [0.1, 0.15) is 6.07 Å². The summed E-state index contributed by atoms with van der Waals surface area (Å²) < 4.78 is 7.02. The zero-order valence-electron chi connectivity index (χ0n) is 9.83. The number of carbonyl (C=O) groups is 1. The number of nitrogens with zero attached hydrogens (tertiary/aromatic N) is 2. The topological polar surface area (TPSA) is 74.7 Å². The van der Waals surface area contributed by atoms with E-state index in [0.29, 0.717) is 11.1 Å². The minimum atomic E-state index is -1.02. The summed E-state index contributed by atoms with van der Waals surface area (Å²) in [5, 5.41) is 17.9. The first-order chi connectivity index (χ1) is 8.63. The van der Waals surface area contributed by atoms with Crippen molar-refractivity contribution in [2.75, 3.05) is 0 Å². The van der Waals surface area contributed by atoms with Gasteiger partial charge in [0.25, 0.3) is 0 Å². The number of hydrogen-bond donors (Lipinski definition) is 1. The molecule has 0 aliphatic rings. The summed E-state index contributed by atoms with van der Waals surface area (Å²) in [6.07, 6.45) is 2.72. The number of hydrogen-bond acceptors (Lipinski definition) is 3. The van der Waals surface area contributed by atoms with Gasteiger partial charge >= 0.3 is 5.97 Å². The van der Waals surface area contributed by atoms with Crippen LogP contribution in [0.3, 0.4) is 0 Å². The van der Waals surface area contributed by atoms with Crippen molar-refractivity contribution in [2.45, 2.75) is 19.6 Å². The van der Waals surface area contributed by atoms with E-state index in [4.69, 9.17) is 15.1 Å². The lowest BCUT2D eigenvalue weighted by Crippen LogP contribution is -2.19. The number of fused-ring (bicyclic) bond motifs is 1. The van der Waals surface area contributed by atoms with Crippen LogP contribution in [-0.2, 0) is 16.1 Å². The van der Waals surface area contributed by atoms with Crippen molar-refractivity contribution in [1.29, 1.82) is 5.26 Å². The molecule has 0 radical (unpaired) electrons. The van der Waals surface area contributed by atoms with Crippen LogP contribution in [0.4, 0.5) is 0 Å². The third-order valence-corrected chi connectivity index (χ3v) is 2.71. The lowest BCUT2D eigenvalue weighted by Gasteiger charge is -2.06. The molecule has 5 heteroatoms. The number of ether oxygens (including phenoxy) is 1. The van der Waals surface area contributed by atoms with Crippen molar-refractivity contribution in [3.05, 3.63) is 41.7 Å². The maximum absolute atomic E-state index is 10.7. The minimum Gasteiger partial charge on any atom is -0.479 e. The predicted octanol–water partition coefficient (Wildman–Crippen LogP) is 1.80. The summed E-state index contributed by atoms with van der Waals surface area (Å²) in [5.74, 6) is -1.02. The molecule has 5 nitrogen and oxygen atoms in total. The molecule has 1 N–H and O–H groups in total. The highest BCUT2D eigenvalue weighted by Gasteiger charge is 2.14. The molecular formula is C13H12N2O3. The molecule has 0 aliphatic carbocycles. The first-order valence-corrected chi connectivity index (χ1v) is 5.46. The molecule has 2 aromatic rings. The van der Waals surface area contributed by atoms with Gasteiger partial charge < -0.3 is 14.2 Å². The summed E-state index contributed by atoms with van der Waals surface area (Å²) in [6.45, 7) is 1.57. The molecule has 2 heterocycles. The normalized spacial score (nSPS) is 12.2. The van der Waals surface area contributed by atoms with Crippen molar-refractivity contribution in [1.82, 2.24) is 4.40 Å². The lowest BCUT2D eigenvalue weighted by atomic mass is 10.2. The van der Waals surface area contributed by atoms with Gasteiger partial charge in [-0.25, -0.2) is 4.79 Å². The second-order valence-corrected chi connectivity index (χ2v) is 3.93. The van der Waals surface area contributed by atoms with Gasteiger partial charge in [0.2, 0.25) is 0 Å². The SMILES string of the molecule is CC(OCc1cn2ccccc2c1C#N)C(=O)O. The summed E-state index contributed by atoms with van der Waals surface area (Å²) in [7, 11) is 0. The highest BCUT2D eigenvalue weighted by atomic mass is 16.5. The minimum absolute atomic E-state index is 0.109. The van der Waals surface area contributed by atoms with Crippen LogP contribution in [0.25, 0.3) is 5.52 Å². The molecule has 2 rings (SSSR count). The molecule has 0 aliphatic heterocycles. The van der Waals surface area contributed by atoms with Crippen molar-refractivity contribution in [2.24, 2.45) is 0 Å². The Labute approximate surface area is 104 Å². The van der Waals surface area contributed by atoms with Crippen molar-refractivity contribution < 1.29 is 14.6 Å². The fourth-order valence-electron chi connectivity index (χ4n) is 1.70. The third-order valence-electron chi connectivity index (χ3n) is 2.71. The molecule has 92 valence electrons. The third kappa shape index (κ3) is 2.19. The monoisotopic (exact) mass is 244 g/mol. The fourth-order valence-corrected chi connectivity index (χ4v) is 1.70. The van der Waals surface area contributed by atoms with E-state index >= 15 is 0 Å². The van der Waals surface area contributed by atoms with Crippen molar-refractivity contribution >= 4 is 11.5 Å². The van der Waals surface area contributed by atoms with Crippen LogP contribution in [-0.4, -0.2) is 21.6 Å². The molecule has 0 spiro atoms. The number of rotatable bonds is 4. The Balaban J connectivity index is 2.28. The maximum Gasteiger partial charge on any atom is 0.332 e. The molecule has 0 aromatic carbocycles. The van der Waals surface area contributed by atoms with Crippen LogP contribution < -0.4 is 0 Å². The number of nitriles is 1. The second-order valence-electron chi connectivity index (χ2n) is 3.93. The maximum atomic E-state index is 10.7. The van der Waals surface area contributed by atoms with Crippen LogP contribution in [0.2, 0.25) is 0 Å². The van der Waals surface area contributed by atoms with Gasteiger partial charge in [-0.2, -0.15) is 5.26 Å². The number of carboxylic acid groups (broad SMARTS) is 1. The zero-order chi connectivity index (χ0) is 13.1. The Morgan fingerprint density at radius 3 is 3.06 bits per heavy atom. The fraction of sp³-hybridized carbons (Fsp3) is 0.231. The van der Waals surface area contributed by atoms with Crippen molar-refractivity contribution in [3.63, 3.8) is 0 Å². The Hall–Kier alpha value is -2.32. The molecule has 18 heavy (non-hydrogen) atoms. The number of aromatic nitrogens is 1. The van der Waals surface area contributed by atoms with Gasteiger partial charge in [-0.1, -0.05) is 6.07 Å². The van der Waals surface area contributed by atoms with E-state index < -0.39 is 12.1 Å². The highest BCUT2D eigenvalue weighted by Crippen LogP contribution is 2.18. The quantitative estimate of drug-likeness (QED) is 0.889. The van der Waals surface area contributed by atoms with E-state index in [9.17, 15) is 4.79 Å². The Bertz CT molecular complexity index is 625. The molecule has 0 bridgehead atoms. The lowest BCUT2D eigenvalue weighted by molar-refractivity contribution is -0.149. The summed E-state index contributed by atoms with van der Waals surface area (Å²) in [6, 6.07) is 7.67. The molecule has 2 aromatic heterocycles. The van der Waals surface area contributed by atoms with Gasteiger partial charge in [0.05, 0.1) is 17.7 Å². The van der Waals surface area contributed by atoms with Crippen LogP contribution in [0.1, 0.15) is 18.1 Å². The van der Waals surface area contributed by atoms with E-state index in [-0.39, 0.29) is 6.61 Å².